The van der Waals surface area contributed by atoms with E-state index in [2.05, 4.69) is 38.5 Å². The van der Waals surface area contributed by atoms with Crippen LogP contribution < -0.4 is 16.0 Å². The SMILES string of the molecule is O=C(N[C@H](NC(=S)Nc1ccc(I)cc1)C(Cl)(Cl)Cl)c1ccccc1Cl. The van der Waals surface area contributed by atoms with Crippen LogP contribution in [0, 0.1) is 3.57 Å². The van der Waals surface area contributed by atoms with Crippen molar-refractivity contribution in [1.82, 2.24) is 10.6 Å². The van der Waals surface area contributed by atoms with Gasteiger partial charge in [-0.25, -0.2) is 0 Å². The number of amides is 1. The normalized spacial score (nSPS) is 12.2. The molecule has 0 bridgehead atoms. The second-order valence-corrected chi connectivity index (χ2v) is 9.46. The summed E-state index contributed by atoms with van der Waals surface area (Å²) in [5, 5.41) is 8.80. The van der Waals surface area contributed by atoms with Crippen LogP contribution in [0.15, 0.2) is 48.5 Å². The summed E-state index contributed by atoms with van der Waals surface area (Å²) < 4.78 is -0.771. The summed E-state index contributed by atoms with van der Waals surface area (Å²) in [6.45, 7) is 0. The Bertz CT molecular complexity index is 799. The maximum absolute atomic E-state index is 12.4. The standard InChI is InChI=1S/C16H12Cl4IN3OS/c17-12-4-2-1-3-11(12)13(25)23-14(16(18,19)20)24-15(26)22-10-7-5-9(21)6-8-10/h1-8,14H,(H,23,25)(H2,22,24,26)/t14-/m1/s1. The molecule has 2 rings (SSSR count). The summed E-state index contributed by atoms with van der Waals surface area (Å²) in [5.41, 5.74) is 1.01. The molecule has 138 valence electrons. The Morgan fingerprint density at radius 2 is 1.65 bits per heavy atom. The first-order chi connectivity index (χ1) is 12.2. The van der Waals surface area contributed by atoms with Crippen LogP contribution in [-0.2, 0) is 0 Å². The Kier molecular flexibility index (Phi) is 8.06. The van der Waals surface area contributed by atoms with Gasteiger partial charge in [0, 0.05) is 9.26 Å². The van der Waals surface area contributed by atoms with Crippen LogP contribution in [0.3, 0.4) is 0 Å². The number of alkyl halides is 3. The van der Waals surface area contributed by atoms with Crippen LogP contribution in [0.5, 0.6) is 0 Å². The largest absolute Gasteiger partial charge is 0.339 e. The molecule has 4 nitrogen and oxygen atoms in total. The van der Waals surface area contributed by atoms with Crippen LogP contribution in [-0.4, -0.2) is 21.0 Å². The van der Waals surface area contributed by atoms with Crippen LogP contribution in [0.1, 0.15) is 10.4 Å². The monoisotopic (exact) mass is 561 g/mol. The number of carbonyl (C=O) groups is 1. The number of halogens is 5. The van der Waals surface area contributed by atoms with Crippen LogP contribution >= 0.6 is 81.2 Å². The predicted molar refractivity (Wildman–Crippen MR) is 122 cm³/mol. The first kappa shape index (κ1) is 21.8. The molecule has 0 radical (unpaired) electrons. The van der Waals surface area contributed by atoms with Crippen molar-refractivity contribution in [3.63, 3.8) is 0 Å². The fraction of sp³-hybridized carbons (Fsp3) is 0.125. The third-order valence-corrected chi connectivity index (χ3v) is 5.02. The van der Waals surface area contributed by atoms with E-state index in [1.807, 2.05) is 24.3 Å². The molecule has 0 fully saturated rings. The first-order valence-electron chi connectivity index (χ1n) is 7.12. The summed E-state index contributed by atoms with van der Waals surface area (Å²) in [6.07, 6.45) is -1.08. The minimum Gasteiger partial charge on any atom is -0.339 e. The van der Waals surface area contributed by atoms with Crippen LogP contribution in [0.4, 0.5) is 5.69 Å². The number of carbonyl (C=O) groups excluding carboxylic acids is 1. The van der Waals surface area contributed by atoms with Crippen molar-refractivity contribution in [2.45, 2.75) is 9.96 Å². The summed E-state index contributed by atoms with van der Waals surface area (Å²) in [7, 11) is 0. The molecule has 2 aromatic carbocycles. The number of nitrogens with one attached hydrogen (secondary N) is 3. The summed E-state index contributed by atoms with van der Waals surface area (Å²) in [6, 6.07) is 14.1. The van der Waals surface area contributed by atoms with Gasteiger partial charge in [-0.05, 0) is 71.2 Å². The highest BCUT2D eigenvalue weighted by Gasteiger charge is 2.35. The van der Waals surface area contributed by atoms with E-state index in [1.165, 1.54) is 0 Å². The number of thiocarbonyl (C=S) groups is 1. The van der Waals surface area contributed by atoms with E-state index in [4.69, 9.17) is 58.6 Å². The number of hydrogen-bond donors (Lipinski definition) is 3. The van der Waals surface area contributed by atoms with Crippen molar-refractivity contribution in [3.8, 4) is 0 Å². The zero-order chi connectivity index (χ0) is 19.3. The number of hydrogen-bond acceptors (Lipinski definition) is 2. The molecule has 1 amide bonds. The molecule has 0 aliphatic rings. The van der Waals surface area contributed by atoms with E-state index >= 15 is 0 Å². The zero-order valence-electron chi connectivity index (χ0n) is 12.9. The van der Waals surface area contributed by atoms with E-state index in [1.54, 1.807) is 24.3 Å². The molecule has 1 atom stereocenters. The molecule has 0 aliphatic carbocycles. The highest BCUT2D eigenvalue weighted by atomic mass is 127. The third kappa shape index (κ3) is 6.58. The molecule has 0 unspecified atom stereocenters. The van der Waals surface area contributed by atoms with Gasteiger partial charge < -0.3 is 16.0 Å². The molecule has 2 aromatic rings. The lowest BCUT2D eigenvalue weighted by Gasteiger charge is -2.28. The van der Waals surface area contributed by atoms with Crippen LogP contribution in [0.2, 0.25) is 5.02 Å². The minimum atomic E-state index is -1.85. The van der Waals surface area contributed by atoms with Crippen molar-refractivity contribution < 1.29 is 4.79 Å². The van der Waals surface area contributed by atoms with Gasteiger partial charge in [0.05, 0.1) is 10.6 Å². The third-order valence-electron chi connectivity index (χ3n) is 3.10. The topological polar surface area (TPSA) is 53.2 Å². The maximum atomic E-state index is 12.4. The van der Waals surface area contributed by atoms with Gasteiger partial charge in [-0.2, -0.15) is 0 Å². The van der Waals surface area contributed by atoms with E-state index in [9.17, 15) is 4.79 Å². The average molecular weight is 563 g/mol. The molecular formula is C16H12Cl4IN3OS. The first-order valence-corrected chi connectivity index (χ1v) is 10.1. The highest BCUT2D eigenvalue weighted by Crippen LogP contribution is 2.29. The quantitative estimate of drug-likeness (QED) is 0.203. The Morgan fingerprint density at radius 1 is 1.04 bits per heavy atom. The van der Waals surface area contributed by atoms with Gasteiger partial charge in [0.15, 0.2) is 5.11 Å². The lowest BCUT2D eigenvalue weighted by molar-refractivity contribution is 0.0934. The molecule has 0 aliphatic heterocycles. The molecule has 3 N–H and O–H groups in total. The van der Waals surface area contributed by atoms with Gasteiger partial charge in [-0.3, -0.25) is 4.79 Å². The van der Waals surface area contributed by atoms with Crippen LogP contribution in [0.25, 0.3) is 0 Å². The second-order valence-electron chi connectivity index (χ2n) is 5.03. The molecule has 0 spiro atoms. The number of rotatable bonds is 4. The Labute approximate surface area is 190 Å². The fourth-order valence-electron chi connectivity index (χ4n) is 1.89. The Balaban J connectivity index is 2.07. The Hall–Kier alpha value is -0.510. The van der Waals surface area contributed by atoms with Gasteiger partial charge in [-0.1, -0.05) is 58.5 Å². The van der Waals surface area contributed by atoms with Crippen molar-refractivity contribution >= 4 is 97.9 Å². The zero-order valence-corrected chi connectivity index (χ0v) is 18.9. The van der Waals surface area contributed by atoms with Gasteiger partial charge in [0.1, 0.15) is 6.17 Å². The molecule has 0 saturated heterocycles. The van der Waals surface area contributed by atoms with E-state index in [0.717, 1.165) is 9.26 Å². The van der Waals surface area contributed by atoms with E-state index in [0.29, 0.717) is 0 Å². The average Bonchev–Trinajstić information content (AvgIpc) is 2.56. The molecule has 0 aromatic heterocycles. The molecular weight excluding hydrogens is 551 g/mol. The molecule has 26 heavy (non-hydrogen) atoms. The van der Waals surface area contributed by atoms with Gasteiger partial charge in [-0.15, -0.1) is 0 Å². The van der Waals surface area contributed by atoms with Gasteiger partial charge >= 0.3 is 0 Å². The highest BCUT2D eigenvalue weighted by molar-refractivity contribution is 14.1. The van der Waals surface area contributed by atoms with Gasteiger partial charge in [0.25, 0.3) is 5.91 Å². The molecule has 0 heterocycles. The van der Waals surface area contributed by atoms with E-state index in [-0.39, 0.29) is 15.7 Å². The Morgan fingerprint density at radius 3 is 2.23 bits per heavy atom. The lowest BCUT2D eigenvalue weighted by atomic mass is 10.2. The fourth-order valence-corrected chi connectivity index (χ4v) is 3.03. The summed E-state index contributed by atoms with van der Waals surface area (Å²) in [4.78, 5) is 12.4. The van der Waals surface area contributed by atoms with E-state index < -0.39 is 15.9 Å². The molecule has 0 saturated carbocycles. The summed E-state index contributed by atoms with van der Waals surface area (Å²) in [5.74, 6) is -0.503. The van der Waals surface area contributed by atoms with Crippen molar-refractivity contribution in [1.29, 1.82) is 0 Å². The molecule has 10 heteroatoms. The van der Waals surface area contributed by atoms with Crippen molar-refractivity contribution in [2.24, 2.45) is 0 Å². The lowest BCUT2D eigenvalue weighted by Crippen LogP contribution is -2.56. The predicted octanol–water partition coefficient (Wildman–Crippen LogP) is 5.36. The van der Waals surface area contributed by atoms with Crippen molar-refractivity contribution in [2.75, 3.05) is 5.32 Å². The second kappa shape index (κ2) is 9.61. The number of benzene rings is 2. The smallest absolute Gasteiger partial charge is 0.254 e. The maximum Gasteiger partial charge on any atom is 0.254 e. The minimum absolute atomic E-state index is 0.182. The summed E-state index contributed by atoms with van der Waals surface area (Å²) >= 11 is 31.4. The number of anilines is 1. The van der Waals surface area contributed by atoms with Crippen molar-refractivity contribution in [3.05, 3.63) is 62.7 Å². The van der Waals surface area contributed by atoms with Gasteiger partial charge in [0.2, 0.25) is 3.79 Å².